The van der Waals surface area contributed by atoms with E-state index in [1.165, 1.54) is 19.3 Å². The Hall–Kier alpha value is -4.30. The number of nitrogens with one attached hydrogen (secondary N) is 2. The highest BCUT2D eigenvalue weighted by molar-refractivity contribution is 6.32. The SMILES string of the molecule is COc1cccc(/C=C2/NC(=O)N(c3cccc(Cl)c3)C2=O)c1OCC(=O)Nc1ccc(C)cc1. The quantitative estimate of drug-likeness (QED) is 0.366. The molecule has 0 spiro atoms. The first-order valence-corrected chi connectivity index (χ1v) is 11.0. The van der Waals surface area contributed by atoms with Crippen LogP contribution < -0.4 is 25.0 Å². The molecule has 4 rings (SSSR count). The number of benzene rings is 3. The number of carbonyl (C=O) groups is 3. The maximum atomic E-state index is 13.0. The molecule has 1 aliphatic rings. The van der Waals surface area contributed by atoms with E-state index >= 15 is 0 Å². The number of nitrogens with zero attached hydrogens (tertiary/aromatic N) is 1. The normalized spacial score (nSPS) is 14.1. The predicted molar refractivity (Wildman–Crippen MR) is 134 cm³/mol. The summed E-state index contributed by atoms with van der Waals surface area (Å²) in [5.41, 5.74) is 2.56. The molecule has 0 saturated carbocycles. The van der Waals surface area contributed by atoms with Gasteiger partial charge in [0, 0.05) is 16.3 Å². The zero-order valence-electron chi connectivity index (χ0n) is 19.0. The molecule has 1 saturated heterocycles. The fraction of sp³-hybridized carbons (Fsp3) is 0.115. The lowest BCUT2D eigenvalue weighted by molar-refractivity contribution is -0.118. The van der Waals surface area contributed by atoms with Crippen molar-refractivity contribution in [2.24, 2.45) is 0 Å². The largest absolute Gasteiger partial charge is 0.493 e. The highest BCUT2D eigenvalue weighted by atomic mass is 35.5. The van der Waals surface area contributed by atoms with Gasteiger partial charge in [0.1, 0.15) is 5.70 Å². The van der Waals surface area contributed by atoms with E-state index < -0.39 is 11.9 Å². The number of hydrogen-bond donors (Lipinski definition) is 2. The highest BCUT2D eigenvalue weighted by Gasteiger charge is 2.35. The van der Waals surface area contributed by atoms with E-state index in [1.54, 1.807) is 48.5 Å². The van der Waals surface area contributed by atoms with Crippen molar-refractivity contribution in [1.29, 1.82) is 0 Å². The molecule has 0 bridgehead atoms. The van der Waals surface area contributed by atoms with Gasteiger partial charge in [0.2, 0.25) is 0 Å². The number of anilines is 2. The van der Waals surface area contributed by atoms with Crippen LogP contribution >= 0.6 is 11.6 Å². The smallest absolute Gasteiger partial charge is 0.333 e. The van der Waals surface area contributed by atoms with Gasteiger partial charge in [-0.05, 0) is 49.4 Å². The summed E-state index contributed by atoms with van der Waals surface area (Å²) in [6, 6.07) is 18.3. The number of halogens is 1. The number of hydrogen-bond acceptors (Lipinski definition) is 5. The van der Waals surface area contributed by atoms with Crippen LogP contribution in [0, 0.1) is 6.92 Å². The molecule has 0 unspecified atom stereocenters. The maximum Gasteiger partial charge on any atom is 0.333 e. The van der Waals surface area contributed by atoms with E-state index in [4.69, 9.17) is 21.1 Å². The number of para-hydroxylation sites is 1. The molecule has 2 N–H and O–H groups in total. The van der Waals surface area contributed by atoms with Crippen molar-refractivity contribution in [2.75, 3.05) is 23.9 Å². The summed E-state index contributed by atoms with van der Waals surface area (Å²) in [6.07, 6.45) is 1.47. The number of rotatable bonds is 7. The van der Waals surface area contributed by atoms with Crippen LogP contribution in [0.2, 0.25) is 5.02 Å². The summed E-state index contributed by atoms with van der Waals surface area (Å²) in [6.45, 7) is 1.66. The number of ether oxygens (including phenoxy) is 2. The second-order valence-electron chi connectivity index (χ2n) is 7.69. The van der Waals surface area contributed by atoms with E-state index in [0.717, 1.165) is 10.5 Å². The van der Waals surface area contributed by atoms with Gasteiger partial charge in [-0.3, -0.25) is 9.59 Å². The molecular formula is C26H22ClN3O5. The number of urea groups is 1. The van der Waals surface area contributed by atoms with Crippen molar-refractivity contribution in [3.8, 4) is 11.5 Å². The average Bonchev–Trinajstić information content (AvgIpc) is 3.12. The Balaban J connectivity index is 1.55. The molecule has 0 atom stereocenters. The molecule has 0 aromatic heterocycles. The Bertz CT molecular complexity index is 1320. The summed E-state index contributed by atoms with van der Waals surface area (Å²) < 4.78 is 11.2. The van der Waals surface area contributed by atoms with Crippen molar-refractivity contribution >= 4 is 46.9 Å². The Morgan fingerprint density at radius 1 is 1.09 bits per heavy atom. The molecule has 3 aromatic carbocycles. The molecule has 8 nitrogen and oxygen atoms in total. The Morgan fingerprint density at radius 3 is 2.54 bits per heavy atom. The van der Waals surface area contributed by atoms with Crippen LogP contribution in [0.3, 0.4) is 0 Å². The summed E-state index contributed by atoms with van der Waals surface area (Å²) in [5.74, 6) is -0.297. The summed E-state index contributed by atoms with van der Waals surface area (Å²) in [4.78, 5) is 38.9. The predicted octanol–water partition coefficient (Wildman–Crippen LogP) is 4.77. The van der Waals surface area contributed by atoms with Gasteiger partial charge < -0.3 is 20.1 Å². The van der Waals surface area contributed by atoms with E-state index in [2.05, 4.69) is 10.6 Å². The fourth-order valence-corrected chi connectivity index (χ4v) is 3.66. The molecule has 178 valence electrons. The van der Waals surface area contributed by atoms with Gasteiger partial charge in [-0.2, -0.15) is 0 Å². The second-order valence-corrected chi connectivity index (χ2v) is 8.13. The van der Waals surface area contributed by atoms with Crippen molar-refractivity contribution < 1.29 is 23.9 Å². The van der Waals surface area contributed by atoms with Gasteiger partial charge in [-0.1, -0.05) is 47.5 Å². The van der Waals surface area contributed by atoms with E-state index in [0.29, 0.717) is 27.7 Å². The number of imide groups is 1. The minimum Gasteiger partial charge on any atom is -0.493 e. The number of carbonyl (C=O) groups excluding carboxylic acids is 3. The van der Waals surface area contributed by atoms with Gasteiger partial charge in [0.05, 0.1) is 12.8 Å². The monoisotopic (exact) mass is 491 g/mol. The lowest BCUT2D eigenvalue weighted by atomic mass is 10.1. The molecule has 4 amide bonds. The molecule has 0 aliphatic carbocycles. The molecule has 9 heteroatoms. The van der Waals surface area contributed by atoms with Crippen LogP contribution in [0.1, 0.15) is 11.1 Å². The Morgan fingerprint density at radius 2 is 1.83 bits per heavy atom. The second kappa shape index (κ2) is 10.3. The summed E-state index contributed by atoms with van der Waals surface area (Å²) in [7, 11) is 1.47. The van der Waals surface area contributed by atoms with Crippen molar-refractivity contribution in [3.63, 3.8) is 0 Å². The number of amides is 4. The zero-order chi connectivity index (χ0) is 24.9. The van der Waals surface area contributed by atoms with Crippen molar-refractivity contribution in [2.45, 2.75) is 6.92 Å². The van der Waals surface area contributed by atoms with Crippen molar-refractivity contribution in [3.05, 3.63) is 88.6 Å². The zero-order valence-corrected chi connectivity index (χ0v) is 19.8. The minimum absolute atomic E-state index is 0.0391. The summed E-state index contributed by atoms with van der Waals surface area (Å²) in [5, 5.41) is 5.73. The van der Waals surface area contributed by atoms with E-state index in [-0.39, 0.29) is 24.0 Å². The van der Waals surface area contributed by atoms with Crippen LogP contribution in [0.5, 0.6) is 11.5 Å². The molecule has 3 aromatic rings. The van der Waals surface area contributed by atoms with Crippen molar-refractivity contribution in [1.82, 2.24) is 5.32 Å². The fourth-order valence-electron chi connectivity index (χ4n) is 3.47. The Kier molecular flexibility index (Phi) is 7.03. The topological polar surface area (TPSA) is 97.0 Å². The molecule has 1 fully saturated rings. The van der Waals surface area contributed by atoms with Crippen LogP contribution in [-0.2, 0) is 9.59 Å². The lowest BCUT2D eigenvalue weighted by Gasteiger charge is -2.14. The van der Waals surface area contributed by atoms with Gasteiger partial charge in [0.25, 0.3) is 11.8 Å². The van der Waals surface area contributed by atoms with Crippen LogP contribution in [-0.4, -0.2) is 31.6 Å². The third-order valence-electron chi connectivity index (χ3n) is 5.16. The number of methoxy groups -OCH3 is 1. The van der Waals surface area contributed by atoms with E-state index in [9.17, 15) is 14.4 Å². The van der Waals surface area contributed by atoms with Gasteiger partial charge in [0.15, 0.2) is 18.1 Å². The highest BCUT2D eigenvalue weighted by Crippen LogP contribution is 2.33. The van der Waals surface area contributed by atoms with Crippen LogP contribution in [0.25, 0.3) is 6.08 Å². The summed E-state index contributed by atoms with van der Waals surface area (Å²) >= 11 is 6.01. The minimum atomic E-state index is -0.605. The molecule has 35 heavy (non-hydrogen) atoms. The average molecular weight is 492 g/mol. The van der Waals surface area contributed by atoms with Gasteiger partial charge >= 0.3 is 6.03 Å². The third-order valence-corrected chi connectivity index (χ3v) is 5.39. The standard InChI is InChI=1S/C26H22ClN3O5/c1-16-9-11-19(12-10-16)28-23(31)15-35-24-17(5-3-8-22(24)34-2)13-21-25(32)30(26(33)29-21)20-7-4-6-18(27)14-20/h3-14H,15H2,1-2H3,(H,28,31)(H,29,33)/b21-13+. The van der Waals surface area contributed by atoms with Gasteiger partial charge in [-0.15, -0.1) is 0 Å². The third kappa shape index (κ3) is 5.44. The van der Waals surface area contributed by atoms with E-state index in [1.807, 2.05) is 19.1 Å². The first-order valence-electron chi connectivity index (χ1n) is 10.6. The molecular weight excluding hydrogens is 470 g/mol. The maximum absolute atomic E-state index is 13.0. The first kappa shape index (κ1) is 23.8. The molecule has 1 heterocycles. The number of aryl methyl sites for hydroxylation is 1. The molecule has 1 aliphatic heterocycles. The van der Waals surface area contributed by atoms with Crippen LogP contribution in [0.4, 0.5) is 16.2 Å². The first-order chi connectivity index (χ1) is 16.9. The van der Waals surface area contributed by atoms with Crippen LogP contribution in [0.15, 0.2) is 72.4 Å². The molecule has 0 radical (unpaired) electrons. The Labute approximate surface area is 207 Å². The van der Waals surface area contributed by atoms with Gasteiger partial charge in [-0.25, -0.2) is 9.69 Å². The lowest BCUT2D eigenvalue weighted by Crippen LogP contribution is -2.30.